The van der Waals surface area contributed by atoms with Gasteiger partial charge in [0.15, 0.2) is 0 Å². The van der Waals surface area contributed by atoms with Crippen LogP contribution in [0.25, 0.3) is 105 Å². The second-order valence-electron chi connectivity index (χ2n) is 21.9. The molecule has 0 saturated heterocycles. The molecule has 1 aromatic heterocycles. The number of anilines is 3. The van der Waals surface area contributed by atoms with E-state index in [4.69, 9.17) is 0 Å². The summed E-state index contributed by atoms with van der Waals surface area (Å²) in [6.45, 7) is 0. The SMILES string of the molecule is c1ccc(-c2c3ccccc3c(-c3ccccc3)c3cc(-c4ccc(N(c5ccccc5)c5ccc6c(c5)c5cc(-c7ccc8c(c7)C(c7ccccc7)(c7ccccc7)c7ccccc7-8)ccc5n6-c5ccccc5)cc4)ccc23)cc1. The highest BCUT2D eigenvalue weighted by Crippen LogP contribution is 2.57. The highest BCUT2D eigenvalue weighted by atomic mass is 15.1. The standard InChI is InChI=1S/C81H54N2/c1-7-23-56(24-8-1)79-69-36-19-20-37-70(69)80(57-25-9-2-10-26-57)74-52-58(42-48-71(74)79)55-39-44-65(45-40-55)82(63-31-15-5-16-32-63)66-46-50-78-73(54-66)72-51-59(43-49-77(72)83(78)64-33-17-6-18-34-64)60-41-47-68-67-35-21-22-38-75(67)81(76(68)53-60,61-27-11-3-12-28-61)62-29-13-4-14-30-62/h1-54H. The number of rotatable bonds is 10. The second kappa shape index (κ2) is 19.8. The highest BCUT2D eigenvalue weighted by Gasteiger charge is 2.46. The van der Waals surface area contributed by atoms with E-state index in [1.807, 2.05) is 0 Å². The maximum Gasteiger partial charge on any atom is 0.0713 e. The molecule has 0 bridgehead atoms. The van der Waals surface area contributed by atoms with Crippen molar-refractivity contribution in [3.05, 3.63) is 350 Å². The summed E-state index contributed by atoms with van der Waals surface area (Å²) in [5.41, 5.74) is 23.5. The number of nitrogens with zero attached hydrogens (tertiary/aromatic N) is 2. The van der Waals surface area contributed by atoms with Crippen molar-refractivity contribution in [1.29, 1.82) is 0 Å². The van der Waals surface area contributed by atoms with Crippen molar-refractivity contribution in [3.63, 3.8) is 0 Å². The Morgan fingerprint density at radius 2 is 0.663 bits per heavy atom. The van der Waals surface area contributed by atoms with Gasteiger partial charge in [-0.3, -0.25) is 0 Å². The fourth-order valence-corrected chi connectivity index (χ4v) is 13.8. The van der Waals surface area contributed by atoms with E-state index in [9.17, 15) is 0 Å². The van der Waals surface area contributed by atoms with Crippen LogP contribution in [0, 0.1) is 0 Å². The molecule has 0 atom stereocenters. The van der Waals surface area contributed by atoms with Crippen LogP contribution in [0.5, 0.6) is 0 Å². The number of para-hydroxylation sites is 2. The van der Waals surface area contributed by atoms with Gasteiger partial charge in [-0.2, -0.15) is 0 Å². The Kier molecular flexibility index (Phi) is 11.5. The van der Waals surface area contributed by atoms with Crippen LogP contribution in [0.4, 0.5) is 17.1 Å². The first-order chi connectivity index (χ1) is 41.2. The average Bonchev–Trinajstić information content (AvgIpc) is 4.24. The minimum atomic E-state index is -0.491. The summed E-state index contributed by atoms with van der Waals surface area (Å²) in [4.78, 5) is 2.40. The molecule has 0 radical (unpaired) electrons. The first-order valence-corrected chi connectivity index (χ1v) is 28.7. The van der Waals surface area contributed by atoms with E-state index in [0.29, 0.717) is 0 Å². The molecule has 0 unspecified atom stereocenters. The van der Waals surface area contributed by atoms with E-state index < -0.39 is 5.41 Å². The first-order valence-electron chi connectivity index (χ1n) is 28.7. The van der Waals surface area contributed by atoms with E-state index in [1.165, 1.54) is 105 Å². The van der Waals surface area contributed by atoms with Crippen molar-refractivity contribution in [2.24, 2.45) is 0 Å². The fourth-order valence-electron chi connectivity index (χ4n) is 13.8. The third-order valence-electron chi connectivity index (χ3n) is 17.4. The van der Waals surface area contributed by atoms with E-state index >= 15 is 0 Å². The number of hydrogen-bond acceptors (Lipinski definition) is 1. The molecule has 2 nitrogen and oxygen atoms in total. The van der Waals surface area contributed by atoms with Crippen molar-refractivity contribution in [1.82, 2.24) is 4.57 Å². The fraction of sp³-hybridized carbons (Fsp3) is 0.0123. The van der Waals surface area contributed by atoms with Gasteiger partial charge in [-0.15, -0.1) is 0 Å². The van der Waals surface area contributed by atoms with E-state index in [1.54, 1.807) is 0 Å². The van der Waals surface area contributed by atoms with Gasteiger partial charge in [0.05, 0.1) is 16.4 Å². The van der Waals surface area contributed by atoms with E-state index in [0.717, 1.165) is 39.3 Å². The zero-order valence-corrected chi connectivity index (χ0v) is 45.6. The van der Waals surface area contributed by atoms with E-state index in [-0.39, 0.29) is 0 Å². The van der Waals surface area contributed by atoms with Gasteiger partial charge in [-0.05, 0) is 178 Å². The minimum Gasteiger partial charge on any atom is -0.310 e. The minimum absolute atomic E-state index is 0.491. The lowest BCUT2D eigenvalue weighted by Gasteiger charge is -2.34. The number of hydrogen-bond donors (Lipinski definition) is 0. The maximum absolute atomic E-state index is 2.48. The monoisotopic (exact) mass is 1050 g/mol. The Labute approximate surface area is 483 Å². The molecule has 388 valence electrons. The molecular formula is C81H54N2. The first kappa shape index (κ1) is 48.1. The van der Waals surface area contributed by atoms with Gasteiger partial charge in [-0.25, -0.2) is 0 Å². The normalized spacial score (nSPS) is 12.4. The molecule has 1 aliphatic rings. The van der Waals surface area contributed by atoms with Crippen molar-refractivity contribution in [3.8, 4) is 61.3 Å². The smallest absolute Gasteiger partial charge is 0.0713 e. The Balaban J connectivity index is 0.842. The van der Waals surface area contributed by atoms with Crippen LogP contribution in [0.3, 0.4) is 0 Å². The van der Waals surface area contributed by atoms with Gasteiger partial charge in [0.1, 0.15) is 0 Å². The Hall–Kier alpha value is -10.8. The molecule has 0 amide bonds. The van der Waals surface area contributed by atoms with Crippen LogP contribution >= 0.6 is 0 Å². The summed E-state index contributed by atoms with van der Waals surface area (Å²) in [5, 5.41) is 7.37. The molecule has 0 spiro atoms. The second-order valence-corrected chi connectivity index (χ2v) is 21.9. The lowest BCUT2D eigenvalue weighted by atomic mass is 9.67. The molecule has 0 N–H and O–H groups in total. The lowest BCUT2D eigenvalue weighted by molar-refractivity contribution is 0.769. The molecular weight excluding hydrogens is 1000 g/mol. The molecule has 83 heavy (non-hydrogen) atoms. The summed E-state index contributed by atoms with van der Waals surface area (Å²) in [5.74, 6) is 0. The molecule has 1 heterocycles. The van der Waals surface area contributed by atoms with Gasteiger partial charge in [0.25, 0.3) is 0 Å². The third kappa shape index (κ3) is 7.79. The van der Waals surface area contributed by atoms with Gasteiger partial charge in [0.2, 0.25) is 0 Å². The lowest BCUT2D eigenvalue weighted by Crippen LogP contribution is -2.28. The van der Waals surface area contributed by atoms with Crippen molar-refractivity contribution in [2.45, 2.75) is 5.41 Å². The molecule has 0 aliphatic heterocycles. The van der Waals surface area contributed by atoms with Crippen molar-refractivity contribution in [2.75, 3.05) is 4.90 Å². The van der Waals surface area contributed by atoms with Gasteiger partial charge < -0.3 is 9.47 Å². The summed E-state index contributed by atoms with van der Waals surface area (Å²) < 4.78 is 2.42. The Bertz CT molecular complexity index is 4880. The quantitative estimate of drug-likeness (QED) is 0.124. The van der Waals surface area contributed by atoms with Crippen LogP contribution in [0.1, 0.15) is 22.3 Å². The van der Waals surface area contributed by atoms with Crippen LogP contribution in [0.15, 0.2) is 328 Å². The maximum atomic E-state index is 2.48. The third-order valence-corrected chi connectivity index (χ3v) is 17.4. The van der Waals surface area contributed by atoms with Gasteiger partial charge in [0, 0.05) is 33.5 Å². The summed E-state index contributed by atoms with van der Waals surface area (Å²) in [6, 6.07) is 121. The summed E-state index contributed by atoms with van der Waals surface area (Å²) in [7, 11) is 0. The van der Waals surface area contributed by atoms with Crippen LogP contribution in [-0.4, -0.2) is 4.57 Å². The Morgan fingerprint density at radius 3 is 1.31 bits per heavy atom. The number of aromatic nitrogens is 1. The topological polar surface area (TPSA) is 8.17 Å². The molecule has 14 aromatic carbocycles. The van der Waals surface area contributed by atoms with Crippen LogP contribution < -0.4 is 4.90 Å². The number of fused-ring (bicyclic) bond motifs is 8. The van der Waals surface area contributed by atoms with Crippen molar-refractivity contribution >= 4 is 60.4 Å². The molecule has 0 saturated carbocycles. The zero-order valence-electron chi connectivity index (χ0n) is 45.6. The zero-order chi connectivity index (χ0) is 54.8. The molecule has 16 rings (SSSR count). The summed E-state index contributed by atoms with van der Waals surface area (Å²) in [6.07, 6.45) is 0. The highest BCUT2D eigenvalue weighted by molar-refractivity contribution is 6.22. The molecule has 2 heteroatoms. The Morgan fingerprint density at radius 1 is 0.241 bits per heavy atom. The van der Waals surface area contributed by atoms with Crippen molar-refractivity contribution < 1.29 is 0 Å². The van der Waals surface area contributed by atoms with Crippen LogP contribution in [0.2, 0.25) is 0 Å². The predicted octanol–water partition coefficient (Wildman–Crippen LogP) is 21.6. The summed E-state index contributed by atoms with van der Waals surface area (Å²) >= 11 is 0. The predicted molar refractivity (Wildman–Crippen MR) is 350 cm³/mol. The molecule has 1 aliphatic carbocycles. The van der Waals surface area contributed by atoms with Gasteiger partial charge in [-0.1, -0.05) is 249 Å². The van der Waals surface area contributed by atoms with Crippen LogP contribution in [-0.2, 0) is 5.41 Å². The molecule has 15 aromatic rings. The number of benzene rings is 14. The van der Waals surface area contributed by atoms with Gasteiger partial charge >= 0.3 is 0 Å². The largest absolute Gasteiger partial charge is 0.310 e. The average molecular weight is 1060 g/mol. The van der Waals surface area contributed by atoms with E-state index in [2.05, 4.69) is 337 Å². The molecule has 0 fully saturated rings.